The van der Waals surface area contributed by atoms with E-state index in [1.54, 1.807) is 35.2 Å². The number of hydrogen-bond acceptors (Lipinski definition) is 7. The average molecular weight is 486 g/mol. The maximum Gasteiger partial charge on any atom is 0.339 e. The molecule has 180 valence electrons. The maximum absolute atomic E-state index is 12.6. The lowest BCUT2D eigenvalue weighted by Crippen LogP contribution is -2.39. The zero-order chi connectivity index (χ0) is 24.5. The molecule has 0 aromatic heterocycles. The molecule has 0 unspecified atom stereocenters. The number of carbonyl (C=O) groups excluding carboxylic acids is 3. The number of nitrogens with zero attached hydrogens (tertiary/aromatic N) is 2. The van der Waals surface area contributed by atoms with Crippen LogP contribution in [-0.2, 0) is 14.3 Å². The smallest absolute Gasteiger partial charge is 0.339 e. The van der Waals surface area contributed by atoms with Crippen molar-refractivity contribution in [1.82, 2.24) is 4.90 Å². The Morgan fingerprint density at radius 2 is 1.76 bits per heavy atom. The summed E-state index contributed by atoms with van der Waals surface area (Å²) in [5.41, 5.74) is 0.0102. The number of ether oxygens (including phenoxy) is 1. The topological polar surface area (TPSA) is 119 Å². The van der Waals surface area contributed by atoms with Crippen molar-refractivity contribution in [2.45, 2.75) is 43.0 Å². The van der Waals surface area contributed by atoms with Gasteiger partial charge in [0.1, 0.15) is 5.69 Å². The van der Waals surface area contributed by atoms with Crippen molar-refractivity contribution in [1.29, 1.82) is 0 Å². The van der Waals surface area contributed by atoms with Crippen molar-refractivity contribution in [3.05, 3.63) is 64.2 Å². The number of esters is 1. The van der Waals surface area contributed by atoms with Crippen LogP contribution >= 0.6 is 11.8 Å². The van der Waals surface area contributed by atoms with Gasteiger partial charge in [0.25, 0.3) is 11.6 Å². The summed E-state index contributed by atoms with van der Waals surface area (Å²) in [6.45, 7) is -0.604. The molecule has 2 aromatic carbocycles. The number of para-hydroxylation sites is 2. The molecule has 1 fully saturated rings. The third-order valence-corrected chi connectivity index (χ3v) is 6.74. The molecule has 0 saturated heterocycles. The van der Waals surface area contributed by atoms with Crippen LogP contribution in [0.2, 0.25) is 0 Å². The second-order valence-electron chi connectivity index (χ2n) is 7.98. The number of nitro benzene ring substituents is 1. The van der Waals surface area contributed by atoms with Crippen molar-refractivity contribution in [3.63, 3.8) is 0 Å². The van der Waals surface area contributed by atoms with E-state index in [0.29, 0.717) is 4.90 Å². The van der Waals surface area contributed by atoms with Crippen LogP contribution in [0.4, 0.5) is 11.4 Å². The minimum absolute atomic E-state index is 0.00361. The minimum Gasteiger partial charge on any atom is -0.452 e. The highest BCUT2D eigenvalue weighted by molar-refractivity contribution is 8.00. The van der Waals surface area contributed by atoms with E-state index in [0.717, 1.165) is 25.7 Å². The molecule has 1 aliphatic carbocycles. The zero-order valence-corrected chi connectivity index (χ0v) is 19.7. The van der Waals surface area contributed by atoms with Gasteiger partial charge < -0.3 is 15.0 Å². The number of anilines is 1. The summed E-state index contributed by atoms with van der Waals surface area (Å²) in [6, 6.07) is 12.7. The first kappa shape index (κ1) is 25.2. The molecule has 0 aliphatic heterocycles. The number of rotatable bonds is 9. The van der Waals surface area contributed by atoms with E-state index in [2.05, 4.69) is 5.32 Å². The van der Waals surface area contributed by atoms with Crippen molar-refractivity contribution < 1.29 is 24.0 Å². The Balaban J connectivity index is 1.55. The molecule has 10 heteroatoms. The molecule has 0 heterocycles. The molecule has 3 rings (SSSR count). The fourth-order valence-corrected chi connectivity index (χ4v) is 4.77. The summed E-state index contributed by atoms with van der Waals surface area (Å²) < 4.78 is 5.12. The van der Waals surface area contributed by atoms with Crippen LogP contribution in [0.1, 0.15) is 42.5 Å². The van der Waals surface area contributed by atoms with Gasteiger partial charge in [-0.3, -0.25) is 19.7 Å². The Bertz CT molecular complexity index is 1050. The molecule has 0 radical (unpaired) electrons. The van der Waals surface area contributed by atoms with Gasteiger partial charge in [0.15, 0.2) is 6.61 Å². The number of amides is 2. The van der Waals surface area contributed by atoms with Gasteiger partial charge in [0, 0.05) is 24.1 Å². The summed E-state index contributed by atoms with van der Waals surface area (Å²) in [7, 11) is 1.83. The van der Waals surface area contributed by atoms with Crippen LogP contribution in [0.15, 0.2) is 53.4 Å². The SMILES string of the molecule is CN(C(=O)CSc1ccccc1C(=O)OCC(=O)Nc1ccccc1[N+](=O)[O-])C1CCCCC1. The summed E-state index contributed by atoms with van der Waals surface area (Å²) in [5.74, 6) is -1.22. The Morgan fingerprint density at radius 3 is 2.50 bits per heavy atom. The first-order valence-corrected chi connectivity index (χ1v) is 12.0. The Labute approximate surface area is 202 Å². The predicted octanol–water partition coefficient (Wildman–Crippen LogP) is 4.27. The number of nitrogens with one attached hydrogen (secondary N) is 1. The van der Waals surface area contributed by atoms with Gasteiger partial charge in [-0.1, -0.05) is 43.5 Å². The van der Waals surface area contributed by atoms with Crippen molar-refractivity contribution in [3.8, 4) is 0 Å². The van der Waals surface area contributed by atoms with Gasteiger partial charge in [-0.25, -0.2) is 4.79 Å². The van der Waals surface area contributed by atoms with Gasteiger partial charge in [0.05, 0.1) is 16.2 Å². The monoisotopic (exact) mass is 485 g/mol. The quantitative estimate of drug-likeness (QED) is 0.244. The Kier molecular flexibility index (Phi) is 9.03. The van der Waals surface area contributed by atoms with Crippen molar-refractivity contribution in [2.24, 2.45) is 0 Å². The number of benzene rings is 2. The van der Waals surface area contributed by atoms with E-state index < -0.39 is 23.4 Å². The highest BCUT2D eigenvalue weighted by Crippen LogP contribution is 2.26. The van der Waals surface area contributed by atoms with Gasteiger partial charge in [-0.15, -0.1) is 11.8 Å². The first-order valence-electron chi connectivity index (χ1n) is 11.0. The van der Waals surface area contributed by atoms with E-state index in [-0.39, 0.29) is 34.6 Å². The molecule has 2 aromatic rings. The number of carbonyl (C=O) groups is 3. The molecular formula is C24H27N3O6S. The lowest BCUT2D eigenvalue weighted by molar-refractivity contribution is -0.383. The Morgan fingerprint density at radius 1 is 1.09 bits per heavy atom. The van der Waals surface area contributed by atoms with Crippen molar-refractivity contribution in [2.75, 3.05) is 24.7 Å². The second-order valence-corrected chi connectivity index (χ2v) is 9.00. The van der Waals surface area contributed by atoms with Crippen LogP contribution in [0.3, 0.4) is 0 Å². The van der Waals surface area contributed by atoms with E-state index in [1.165, 1.54) is 36.4 Å². The standard InChI is InChI=1S/C24H27N3O6S/c1-26(17-9-3-2-4-10-17)23(29)16-34-21-14-8-5-11-18(21)24(30)33-15-22(28)25-19-12-6-7-13-20(19)27(31)32/h5-8,11-14,17H,2-4,9-10,15-16H2,1H3,(H,25,28). The van der Waals surface area contributed by atoms with Gasteiger partial charge in [-0.2, -0.15) is 0 Å². The summed E-state index contributed by atoms with van der Waals surface area (Å²) in [6.07, 6.45) is 5.52. The fraction of sp³-hybridized carbons (Fsp3) is 0.375. The van der Waals surface area contributed by atoms with Crippen LogP contribution in [0.25, 0.3) is 0 Å². The molecule has 34 heavy (non-hydrogen) atoms. The second kappa shape index (κ2) is 12.2. The van der Waals surface area contributed by atoms with Gasteiger partial charge in [0.2, 0.25) is 5.91 Å². The van der Waals surface area contributed by atoms with E-state index in [9.17, 15) is 24.5 Å². The van der Waals surface area contributed by atoms with E-state index in [4.69, 9.17) is 4.74 Å². The van der Waals surface area contributed by atoms with Crippen LogP contribution in [-0.4, -0.2) is 53.1 Å². The Hall–Kier alpha value is -3.40. The van der Waals surface area contributed by atoms with Crippen LogP contribution < -0.4 is 5.32 Å². The molecule has 0 bridgehead atoms. The molecular weight excluding hydrogens is 458 g/mol. The third kappa shape index (κ3) is 6.80. The van der Waals surface area contributed by atoms with Gasteiger partial charge in [-0.05, 0) is 31.0 Å². The lowest BCUT2D eigenvalue weighted by Gasteiger charge is -2.31. The molecule has 1 N–H and O–H groups in total. The summed E-state index contributed by atoms with van der Waals surface area (Å²) in [4.78, 5) is 50.3. The number of thioether (sulfide) groups is 1. The molecule has 1 saturated carbocycles. The average Bonchev–Trinajstić information content (AvgIpc) is 2.86. The van der Waals surface area contributed by atoms with Crippen LogP contribution in [0.5, 0.6) is 0 Å². The van der Waals surface area contributed by atoms with E-state index in [1.807, 2.05) is 7.05 Å². The molecule has 9 nitrogen and oxygen atoms in total. The van der Waals surface area contributed by atoms with E-state index >= 15 is 0 Å². The first-order chi connectivity index (χ1) is 16.4. The number of hydrogen-bond donors (Lipinski definition) is 1. The third-order valence-electron chi connectivity index (χ3n) is 5.68. The normalized spacial score (nSPS) is 13.7. The maximum atomic E-state index is 12.6. The van der Waals surface area contributed by atoms with Gasteiger partial charge >= 0.3 is 5.97 Å². The largest absolute Gasteiger partial charge is 0.452 e. The molecule has 2 amide bonds. The predicted molar refractivity (Wildman–Crippen MR) is 129 cm³/mol. The fourth-order valence-electron chi connectivity index (χ4n) is 3.81. The summed E-state index contributed by atoms with van der Waals surface area (Å²) in [5, 5.41) is 13.5. The minimum atomic E-state index is -0.714. The van der Waals surface area contributed by atoms with Crippen LogP contribution in [0, 0.1) is 10.1 Å². The molecule has 1 aliphatic rings. The summed E-state index contributed by atoms with van der Waals surface area (Å²) >= 11 is 1.25. The zero-order valence-electron chi connectivity index (χ0n) is 18.9. The molecule has 0 spiro atoms. The highest BCUT2D eigenvalue weighted by Gasteiger charge is 2.23. The van der Waals surface area contributed by atoms with Crippen molar-refractivity contribution >= 4 is 40.9 Å². The lowest BCUT2D eigenvalue weighted by atomic mass is 9.94. The highest BCUT2D eigenvalue weighted by atomic mass is 32.2. The number of nitro groups is 1. The molecule has 0 atom stereocenters.